The maximum Gasteiger partial charge on any atom is 0.173 e. The van der Waals surface area contributed by atoms with Crippen molar-refractivity contribution < 1.29 is 9.02 Å². The highest BCUT2D eigenvalue weighted by molar-refractivity contribution is 6.40. The van der Waals surface area contributed by atoms with Gasteiger partial charge >= 0.3 is 0 Å². The smallest absolute Gasteiger partial charge is 0.173 e. The summed E-state index contributed by atoms with van der Waals surface area (Å²) in [6, 6.07) is 8.01. The predicted molar refractivity (Wildman–Crippen MR) is 90.5 cm³/mol. The number of aromatic nitrogens is 5. The molecule has 0 amide bonds. The summed E-state index contributed by atoms with van der Waals surface area (Å²) in [7, 11) is 12.9. The zero-order valence-corrected chi connectivity index (χ0v) is 13.2. The lowest BCUT2D eigenvalue weighted by Gasteiger charge is -2.30. The van der Waals surface area contributed by atoms with Gasteiger partial charge in [-0.1, -0.05) is 17.3 Å². The van der Waals surface area contributed by atoms with Gasteiger partial charge in [0.25, 0.3) is 0 Å². The van der Waals surface area contributed by atoms with E-state index in [4.69, 9.17) is 20.3 Å². The van der Waals surface area contributed by atoms with Crippen molar-refractivity contribution in [1.29, 1.82) is 0 Å². The van der Waals surface area contributed by atoms with E-state index in [-0.39, 0.29) is 11.3 Å². The van der Waals surface area contributed by atoms with Gasteiger partial charge in [0.15, 0.2) is 17.3 Å². The minimum Gasteiger partial charge on any atom is -0.330 e. The van der Waals surface area contributed by atoms with Gasteiger partial charge in [-0.05, 0) is 41.2 Å². The number of imidazole rings is 1. The van der Waals surface area contributed by atoms with Crippen LogP contribution in [0.3, 0.4) is 0 Å². The van der Waals surface area contributed by atoms with E-state index in [1.165, 1.54) is 10.6 Å². The van der Waals surface area contributed by atoms with E-state index in [1.807, 2.05) is 0 Å². The minimum atomic E-state index is -1.54. The molecule has 118 valence electrons. The fourth-order valence-electron chi connectivity index (χ4n) is 2.76. The highest BCUT2D eigenvalue weighted by atomic mass is 19.1. The molecule has 0 atom stereocenters. The van der Waals surface area contributed by atoms with E-state index in [9.17, 15) is 4.39 Å². The standard InChI is InChI=1S/C16H10B2FN5O/c1-9-13(23-25-22-9)15-21-14-11(19)5-2-6-12(14)24(15)16(17,18)10-4-3-7-20-8-10/h2-8H,1H3. The van der Waals surface area contributed by atoms with Crippen LogP contribution in [0, 0.1) is 12.7 Å². The topological polar surface area (TPSA) is 69.6 Å². The van der Waals surface area contributed by atoms with Crippen LogP contribution < -0.4 is 0 Å². The van der Waals surface area contributed by atoms with E-state index in [2.05, 4.69) is 20.3 Å². The average molecular weight is 329 g/mol. The second-order valence-electron chi connectivity index (χ2n) is 5.64. The molecule has 0 aliphatic rings. The summed E-state index contributed by atoms with van der Waals surface area (Å²) in [5.74, 6) is -0.235. The summed E-state index contributed by atoms with van der Waals surface area (Å²) in [4.78, 5) is 8.41. The maximum atomic E-state index is 14.3. The quantitative estimate of drug-likeness (QED) is 0.537. The molecule has 3 aromatic heterocycles. The molecule has 3 heterocycles. The highest BCUT2D eigenvalue weighted by Gasteiger charge is 2.30. The van der Waals surface area contributed by atoms with Gasteiger partial charge < -0.3 is 4.57 Å². The minimum absolute atomic E-state index is 0.129. The number of aryl methyl sites for hydroxylation is 1. The van der Waals surface area contributed by atoms with Crippen LogP contribution in [0.4, 0.5) is 4.39 Å². The molecule has 0 aliphatic carbocycles. The molecule has 6 nitrogen and oxygen atoms in total. The molecule has 0 bridgehead atoms. The SMILES string of the molecule is [B]C([B])(c1cccnc1)n1c(-c2nonc2C)nc2c(F)cccc21. The van der Waals surface area contributed by atoms with Crippen LogP contribution in [0.1, 0.15) is 11.3 Å². The molecular formula is C16H10B2FN5O. The molecule has 0 unspecified atom stereocenters. The lowest BCUT2D eigenvalue weighted by Crippen LogP contribution is -2.36. The number of halogens is 1. The van der Waals surface area contributed by atoms with Crippen LogP contribution in [0.15, 0.2) is 47.4 Å². The van der Waals surface area contributed by atoms with E-state index in [1.54, 1.807) is 43.6 Å². The Hall–Kier alpha value is -2.96. The average Bonchev–Trinajstić information content (AvgIpc) is 3.20. The van der Waals surface area contributed by atoms with Crippen molar-refractivity contribution in [3.63, 3.8) is 0 Å². The number of benzene rings is 1. The van der Waals surface area contributed by atoms with Gasteiger partial charge in [-0.15, -0.1) is 0 Å². The summed E-state index contributed by atoms with van der Waals surface area (Å²) in [6.45, 7) is 1.70. The van der Waals surface area contributed by atoms with Crippen LogP contribution in [0.2, 0.25) is 0 Å². The Balaban J connectivity index is 2.08. The fourth-order valence-corrected chi connectivity index (χ4v) is 2.76. The van der Waals surface area contributed by atoms with Crippen LogP contribution in [0.25, 0.3) is 22.6 Å². The molecule has 0 fully saturated rings. The van der Waals surface area contributed by atoms with Gasteiger partial charge in [0.05, 0.1) is 21.2 Å². The molecule has 0 saturated heterocycles. The van der Waals surface area contributed by atoms with Gasteiger partial charge in [0.1, 0.15) is 11.2 Å². The fraction of sp³-hybridized carbons (Fsp3) is 0.125. The molecular weight excluding hydrogens is 319 g/mol. The van der Waals surface area contributed by atoms with Gasteiger partial charge in [-0.3, -0.25) is 4.98 Å². The molecule has 0 saturated carbocycles. The first-order valence-corrected chi connectivity index (χ1v) is 7.45. The summed E-state index contributed by atoms with van der Waals surface area (Å²) < 4.78 is 20.6. The van der Waals surface area contributed by atoms with E-state index in [0.717, 1.165) is 0 Å². The van der Waals surface area contributed by atoms with Crippen molar-refractivity contribution in [2.24, 2.45) is 0 Å². The Morgan fingerprint density at radius 2 is 2.00 bits per heavy atom. The summed E-state index contributed by atoms with van der Waals surface area (Å²) in [5, 5.41) is 6.07. The van der Waals surface area contributed by atoms with Crippen molar-refractivity contribution in [3.8, 4) is 11.5 Å². The van der Waals surface area contributed by atoms with Gasteiger partial charge in [-0.25, -0.2) is 14.0 Å². The van der Waals surface area contributed by atoms with E-state index < -0.39 is 11.2 Å². The molecule has 4 aromatic rings. The predicted octanol–water partition coefficient (Wildman–Crippen LogP) is 1.92. The lowest BCUT2D eigenvalue weighted by atomic mass is 9.58. The number of rotatable bonds is 3. The number of pyridine rings is 1. The first-order chi connectivity index (χ1) is 12.0. The Kier molecular flexibility index (Phi) is 3.45. The molecule has 4 radical (unpaired) electrons. The van der Waals surface area contributed by atoms with Crippen molar-refractivity contribution in [2.45, 2.75) is 12.3 Å². The number of hydrogen-bond acceptors (Lipinski definition) is 5. The van der Waals surface area contributed by atoms with Gasteiger partial charge in [0.2, 0.25) is 0 Å². The van der Waals surface area contributed by atoms with Crippen LogP contribution in [-0.2, 0) is 5.34 Å². The normalized spacial score (nSPS) is 11.9. The molecule has 0 N–H and O–H groups in total. The number of para-hydroxylation sites is 1. The zero-order valence-electron chi connectivity index (χ0n) is 13.2. The second kappa shape index (κ2) is 5.54. The van der Waals surface area contributed by atoms with Crippen LogP contribution in [0.5, 0.6) is 0 Å². The summed E-state index contributed by atoms with van der Waals surface area (Å²) >= 11 is 0. The van der Waals surface area contributed by atoms with Crippen LogP contribution in [-0.4, -0.2) is 40.5 Å². The molecule has 25 heavy (non-hydrogen) atoms. The first kappa shape index (κ1) is 15.6. The summed E-state index contributed by atoms with van der Waals surface area (Å²) in [6.07, 6.45) is 3.15. The third-order valence-corrected chi connectivity index (χ3v) is 3.99. The second-order valence-corrected chi connectivity index (χ2v) is 5.64. The van der Waals surface area contributed by atoms with Gasteiger partial charge in [0, 0.05) is 12.4 Å². The number of nitrogens with zero attached hydrogens (tertiary/aromatic N) is 5. The molecule has 9 heteroatoms. The van der Waals surface area contributed by atoms with Crippen molar-refractivity contribution in [1.82, 2.24) is 24.8 Å². The third-order valence-electron chi connectivity index (χ3n) is 3.99. The number of hydrogen-bond donors (Lipinski definition) is 0. The molecule has 4 rings (SSSR count). The Morgan fingerprint density at radius 3 is 2.68 bits per heavy atom. The number of fused-ring (bicyclic) bond motifs is 1. The largest absolute Gasteiger partial charge is 0.330 e. The van der Waals surface area contributed by atoms with E-state index in [0.29, 0.717) is 22.5 Å². The molecule has 0 aliphatic heterocycles. The molecule has 1 aromatic carbocycles. The Bertz CT molecular complexity index is 1060. The summed E-state index contributed by atoms with van der Waals surface area (Å²) in [5.41, 5.74) is 1.89. The molecule has 0 spiro atoms. The monoisotopic (exact) mass is 329 g/mol. The van der Waals surface area contributed by atoms with E-state index >= 15 is 0 Å². The Labute approximate surface area is 144 Å². The van der Waals surface area contributed by atoms with Crippen molar-refractivity contribution >= 4 is 26.7 Å². The highest BCUT2D eigenvalue weighted by Crippen LogP contribution is 2.33. The zero-order chi connectivity index (χ0) is 17.6. The Morgan fingerprint density at radius 1 is 1.16 bits per heavy atom. The first-order valence-electron chi connectivity index (χ1n) is 7.45. The van der Waals surface area contributed by atoms with Gasteiger partial charge in [-0.2, -0.15) is 0 Å². The van der Waals surface area contributed by atoms with Crippen LogP contribution >= 0.6 is 0 Å². The third kappa shape index (κ3) is 2.34. The van der Waals surface area contributed by atoms with Crippen molar-refractivity contribution in [3.05, 3.63) is 59.8 Å². The maximum absolute atomic E-state index is 14.3. The van der Waals surface area contributed by atoms with Crippen molar-refractivity contribution in [2.75, 3.05) is 0 Å². The lowest BCUT2D eigenvalue weighted by molar-refractivity contribution is 0.305.